The fourth-order valence-electron chi connectivity index (χ4n) is 2.14. The second-order valence-electron chi connectivity index (χ2n) is 5.38. The van der Waals surface area contributed by atoms with E-state index in [-0.39, 0.29) is 15.9 Å². The number of benzene rings is 2. The molecule has 0 saturated carbocycles. The van der Waals surface area contributed by atoms with Crippen molar-refractivity contribution in [1.29, 1.82) is 0 Å². The van der Waals surface area contributed by atoms with E-state index < -0.39 is 10.0 Å². The third-order valence-electron chi connectivity index (χ3n) is 3.38. The van der Waals surface area contributed by atoms with E-state index in [4.69, 9.17) is 11.6 Å². The number of amides is 1. The molecular formula is C18H15ClN2O3S3. The zero-order chi connectivity index (χ0) is 19.3. The van der Waals surface area contributed by atoms with Gasteiger partial charge in [0.25, 0.3) is 10.0 Å². The van der Waals surface area contributed by atoms with Gasteiger partial charge < -0.3 is 5.32 Å². The van der Waals surface area contributed by atoms with Crippen LogP contribution >= 0.6 is 34.7 Å². The van der Waals surface area contributed by atoms with Crippen LogP contribution in [-0.2, 0) is 14.8 Å². The van der Waals surface area contributed by atoms with Gasteiger partial charge in [0, 0.05) is 10.6 Å². The Morgan fingerprint density at radius 2 is 1.78 bits per heavy atom. The average molecular weight is 439 g/mol. The van der Waals surface area contributed by atoms with Crippen LogP contribution < -0.4 is 10.0 Å². The Labute approximate surface area is 170 Å². The number of halogens is 1. The Morgan fingerprint density at radius 1 is 1.04 bits per heavy atom. The molecule has 3 aromatic rings. The fraction of sp³-hybridized carbons (Fsp3) is 0.0556. The molecule has 1 amide bonds. The first-order chi connectivity index (χ1) is 12.9. The van der Waals surface area contributed by atoms with Crippen molar-refractivity contribution in [2.45, 2.75) is 9.10 Å². The first-order valence-corrected chi connectivity index (χ1v) is 11.5. The van der Waals surface area contributed by atoms with Crippen molar-refractivity contribution >= 4 is 62.0 Å². The van der Waals surface area contributed by atoms with E-state index in [1.165, 1.54) is 11.8 Å². The van der Waals surface area contributed by atoms with E-state index in [1.807, 2.05) is 0 Å². The third-order valence-corrected chi connectivity index (χ3v) is 7.50. The molecule has 1 aromatic heterocycles. The number of hydrogen-bond acceptors (Lipinski definition) is 5. The summed E-state index contributed by atoms with van der Waals surface area (Å²) in [6.07, 6.45) is 0. The largest absolute Gasteiger partial charge is 0.324 e. The van der Waals surface area contributed by atoms with Crippen LogP contribution in [0.1, 0.15) is 0 Å². The molecule has 0 atom stereocenters. The fourth-order valence-corrected chi connectivity index (χ4v) is 5.07. The highest BCUT2D eigenvalue weighted by molar-refractivity contribution is 8.00. The Hall–Kier alpha value is -2.00. The first kappa shape index (κ1) is 19.8. The van der Waals surface area contributed by atoms with Gasteiger partial charge in [-0.3, -0.25) is 9.52 Å². The van der Waals surface area contributed by atoms with Gasteiger partial charge in [0.2, 0.25) is 5.91 Å². The van der Waals surface area contributed by atoms with Crippen LogP contribution in [0.2, 0.25) is 5.02 Å². The number of anilines is 2. The van der Waals surface area contributed by atoms with Crippen molar-refractivity contribution < 1.29 is 13.2 Å². The number of carbonyl (C=O) groups excluding carboxylic acids is 1. The van der Waals surface area contributed by atoms with E-state index in [0.717, 1.165) is 16.2 Å². The molecule has 0 saturated heterocycles. The standard InChI is InChI=1S/C18H15ClN2O3S3/c19-15-4-1-2-5-16(15)20-17(22)12-26-14-9-7-13(8-10-14)21-27(23,24)18-6-3-11-25-18/h1-11,21H,12H2,(H,20,22). The minimum atomic E-state index is -3.56. The van der Waals surface area contributed by atoms with E-state index in [2.05, 4.69) is 10.0 Å². The Bertz CT molecular complexity index is 1020. The number of sulfonamides is 1. The summed E-state index contributed by atoms with van der Waals surface area (Å²) >= 11 is 8.52. The monoisotopic (exact) mass is 438 g/mol. The molecular weight excluding hydrogens is 424 g/mol. The molecule has 2 aromatic carbocycles. The van der Waals surface area contributed by atoms with E-state index >= 15 is 0 Å². The van der Waals surface area contributed by atoms with Crippen LogP contribution in [0.25, 0.3) is 0 Å². The molecule has 2 N–H and O–H groups in total. The normalized spacial score (nSPS) is 11.1. The molecule has 9 heteroatoms. The van der Waals surface area contributed by atoms with Crippen LogP contribution in [0.4, 0.5) is 11.4 Å². The van der Waals surface area contributed by atoms with Crippen molar-refractivity contribution in [1.82, 2.24) is 0 Å². The van der Waals surface area contributed by atoms with E-state index in [1.54, 1.807) is 66.0 Å². The summed E-state index contributed by atoms with van der Waals surface area (Å²) in [5.74, 6) is 0.0430. The van der Waals surface area contributed by atoms with Crippen molar-refractivity contribution in [3.05, 3.63) is 71.1 Å². The molecule has 0 radical (unpaired) electrons. The maximum atomic E-state index is 12.2. The molecule has 0 aliphatic heterocycles. The van der Waals surface area contributed by atoms with Crippen LogP contribution in [-0.4, -0.2) is 20.1 Å². The second kappa shape index (κ2) is 8.79. The highest BCUT2D eigenvalue weighted by Crippen LogP contribution is 2.25. The van der Waals surface area contributed by atoms with E-state index in [9.17, 15) is 13.2 Å². The van der Waals surface area contributed by atoms with Crippen LogP contribution in [0.3, 0.4) is 0 Å². The van der Waals surface area contributed by atoms with Crippen molar-refractivity contribution in [2.75, 3.05) is 15.8 Å². The molecule has 0 aliphatic rings. The molecule has 27 heavy (non-hydrogen) atoms. The van der Waals surface area contributed by atoms with E-state index in [0.29, 0.717) is 16.4 Å². The zero-order valence-corrected chi connectivity index (χ0v) is 17.1. The molecule has 140 valence electrons. The van der Waals surface area contributed by atoms with Crippen molar-refractivity contribution in [2.24, 2.45) is 0 Å². The lowest BCUT2D eigenvalue weighted by atomic mass is 10.3. The molecule has 0 aliphatic carbocycles. The van der Waals surface area contributed by atoms with Gasteiger partial charge in [0.1, 0.15) is 4.21 Å². The SMILES string of the molecule is O=C(CSc1ccc(NS(=O)(=O)c2cccs2)cc1)Nc1ccccc1Cl. The quantitative estimate of drug-likeness (QED) is 0.512. The number of para-hydroxylation sites is 1. The van der Waals surface area contributed by atoms with Crippen LogP contribution in [0, 0.1) is 0 Å². The Kier molecular flexibility index (Phi) is 6.43. The molecule has 0 spiro atoms. The predicted molar refractivity (Wildman–Crippen MR) is 112 cm³/mol. The topological polar surface area (TPSA) is 75.3 Å². The lowest BCUT2D eigenvalue weighted by Crippen LogP contribution is -2.14. The van der Waals surface area contributed by atoms with Gasteiger partial charge >= 0.3 is 0 Å². The predicted octanol–water partition coefficient (Wildman–Crippen LogP) is 4.93. The minimum Gasteiger partial charge on any atom is -0.324 e. The number of carbonyl (C=O) groups is 1. The summed E-state index contributed by atoms with van der Waals surface area (Å²) in [7, 11) is -3.56. The van der Waals surface area contributed by atoms with Crippen LogP contribution in [0.5, 0.6) is 0 Å². The lowest BCUT2D eigenvalue weighted by molar-refractivity contribution is -0.113. The molecule has 3 rings (SSSR count). The van der Waals surface area contributed by atoms with Gasteiger partial charge in [0.15, 0.2) is 0 Å². The van der Waals surface area contributed by atoms with Gasteiger partial charge in [-0.25, -0.2) is 8.42 Å². The van der Waals surface area contributed by atoms with Gasteiger partial charge in [-0.15, -0.1) is 23.1 Å². The first-order valence-electron chi connectivity index (χ1n) is 7.77. The third kappa shape index (κ3) is 5.49. The van der Waals surface area contributed by atoms with Crippen LogP contribution in [0.15, 0.2) is 75.1 Å². The summed E-state index contributed by atoms with van der Waals surface area (Å²) < 4.78 is 27.2. The lowest BCUT2D eigenvalue weighted by Gasteiger charge is -2.08. The molecule has 5 nitrogen and oxygen atoms in total. The maximum absolute atomic E-state index is 12.2. The second-order valence-corrected chi connectivity index (χ2v) is 9.69. The molecule has 1 heterocycles. The summed E-state index contributed by atoms with van der Waals surface area (Å²) in [6, 6.07) is 17.1. The molecule has 0 fully saturated rings. The summed E-state index contributed by atoms with van der Waals surface area (Å²) in [5.41, 5.74) is 1.04. The molecule has 0 unspecified atom stereocenters. The Balaban J connectivity index is 1.55. The van der Waals surface area contributed by atoms with Gasteiger partial charge in [-0.1, -0.05) is 29.8 Å². The van der Waals surface area contributed by atoms with Crippen molar-refractivity contribution in [3.63, 3.8) is 0 Å². The zero-order valence-electron chi connectivity index (χ0n) is 13.9. The van der Waals surface area contributed by atoms with Gasteiger partial charge in [0.05, 0.1) is 16.5 Å². The Morgan fingerprint density at radius 3 is 2.44 bits per heavy atom. The summed E-state index contributed by atoms with van der Waals surface area (Å²) in [6.45, 7) is 0. The number of hydrogen-bond donors (Lipinski definition) is 2. The smallest absolute Gasteiger partial charge is 0.271 e. The molecule has 0 bridgehead atoms. The average Bonchev–Trinajstić information content (AvgIpc) is 3.19. The highest BCUT2D eigenvalue weighted by atomic mass is 35.5. The van der Waals surface area contributed by atoms with Gasteiger partial charge in [-0.2, -0.15) is 0 Å². The number of thiophene rings is 1. The van der Waals surface area contributed by atoms with Gasteiger partial charge in [-0.05, 0) is 47.8 Å². The number of rotatable bonds is 7. The minimum absolute atomic E-state index is 0.171. The highest BCUT2D eigenvalue weighted by Gasteiger charge is 2.15. The number of nitrogens with one attached hydrogen (secondary N) is 2. The van der Waals surface area contributed by atoms with Crippen molar-refractivity contribution in [3.8, 4) is 0 Å². The summed E-state index contributed by atoms with van der Waals surface area (Å²) in [4.78, 5) is 12.9. The summed E-state index contributed by atoms with van der Waals surface area (Å²) in [5, 5.41) is 4.95. The number of thioether (sulfide) groups is 1. The maximum Gasteiger partial charge on any atom is 0.271 e.